The Balaban J connectivity index is 0.000000218. The quantitative estimate of drug-likeness (QED) is 0.543. The summed E-state index contributed by atoms with van der Waals surface area (Å²) in [5, 5.41) is 3.27. The standard InChI is InChI=1S/C5H12N2.C3H6O/c1-7-4-2-6-3-5-7;1-3(2)4/h6H,2-5H2,1H3;1-2H3. The Morgan fingerprint density at radius 2 is 1.64 bits per heavy atom. The van der Waals surface area contributed by atoms with Crippen LogP contribution in [0.1, 0.15) is 13.8 Å². The van der Waals surface area contributed by atoms with Gasteiger partial charge in [-0.2, -0.15) is 0 Å². The number of hydrogen-bond acceptors (Lipinski definition) is 3. The maximum atomic E-state index is 9.44. The number of ketones is 1. The minimum atomic E-state index is 0.167. The number of carbonyl (C=O) groups is 1. The summed E-state index contributed by atoms with van der Waals surface area (Å²) in [7, 11) is 2.15. The van der Waals surface area contributed by atoms with Crippen LogP contribution in [0.5, 0.6) is 0 Å². The Bertz CT molecular complexity index is 105. The largest absolute Gasteiger partial charge is 0.314 e. The second-order valence-corrected chi connectivity index (χ2v) is 2.96. The molecule has 0 saturated carbocycles. The van der Waals surface area contributed by atoms with E-state index >= 15 is 0 Å². The molecule has 0 aromatic heterocycles. The van der Waals surface area contributed by atoms with Gasteiger partial charge in [-0.05, 0) is 20.9 Å². The smallest absolute Gasteiger partial charge is 0.126 e. The molecule has 1 aliphatic heterocycles. The number of nitrogens with zero attached hydrogens (tertiary/aromatic N) is 1. The number of Topliss-reactive ketones (excluding diaryl/α,β-unsaturated/α-hetero) is 1. The number of hydrogen-bond donors (Lipinski definition) is 1. The molecular weight excluding hydrogens is 140 g/mol. The molecular formula is C8H18N2O. The van der Waals surface area contributed by atoms with E-state index in [1.165, 1.54) is 26.9 Å². The predicted molar refractivity (Wildman–Crippen MR) is 46.7 cm³/mol. The van der Waals surface area contributed by atoms with E-state index in [1.54, 1.807) is 0 Å². The summed E-state index contributed by atoms with van der Waals surface area (Å²) in [6.07, 6.45) is 0. The van der Waals surface area contributed by atoms with Crippen LogP contribution in [0.4, 0.5) is 0 Å². The Morgan fingerprint density at radius 1 is 1.27 bits per heavy atom. The van der Waals surface area contributed by atoms with Crippen LogP contribution in [0, 0.1) is 0 Å². The molecule has 1 N–H and O–H groups in total. The van der Waals surface area contributed by atoms with Crippen molar-refractivity contribution in [2.24, 2.45) is 0 Å². The molecule has 1 rings (SSSR count). The first kappa shape index (κ1) is 10.6. The fourth-order valence-electron chi connectivity index (χ4n) is 0.777. The molecule has 0 aromatic rings. The maximum absolute atomic E-state index is 9.44. The summed E-state index contributed by atoms with van der Waals surface area (Å²) in [6, 6.07) is 0. The van der Waals surface area contributed by atoms with Gasteiger partial charge in [0.1, 0.15) is 5.78 Å². The highest BCUT2D eigenvalue weighted by atomic mass is 16.1. The Kier molecular flexibility index (Phi) is 6.07. The van der Waals surface area contributed by atoms with Crippen molar-refractivity contribution in [2.75, 3.05) is 33.2 Å². The zero-order valence-electron chi connectivity index (χ0n) is 7.68. The lowest BCUT2D eigenvalue weighted by Gasteiger charge is -2.21. The molecule has 1 fully saturated rings. The summed E-state index contributed by atoms with van der Waals surface area (Å²) >= 11 is 0. The van der Waals surface area contributed by atoms with E-state index in [4.69, 9.17) is 0 Å². The normalized spacial score (nSPS) is 18.5. The summed E-state index contributed by atoms with van der Waals surface area (Å²) < 4.78 is 0. The van der Waals surface area contributed by atoms with Crippen molar-refractivity contribution < 1.29 is 4.79 Å². The van der Waals surface area contributed by atoms with Crippen molar-refractivity contribution in [1.82, 2.24) is 10.2 Å². The van der Waals surface area contributed by atoms with Gasteiger partial charge >= 0.3 is 0 Å². The van der Waals surface area contributed by atoms with Gasteiger partial charge in [-0.15, -0.1) is 0 Å². The SMILES string of the molecule is CC(C)=O.CN1CCNCC1. The van der Waals surface area contributed by atoms with Crippen molar-refractivity contribution in [3.63, 3.8) is 0 Å². The molecule has 0 unspecified atom stereocenters. The fourth-order valence-corrected chi connectivity index (χ4v) is 0.777. The van der Waals surface area contributed by atoms with Gasteiger partial charge in [-0.25, -0.2) is 0 Å². The van der Waals surface area contributed by atoms with Gasteiger partial charge in [0.15, 0.2) is 0 Å². The third-order valence-corrected chi connectivity index (χ3v) is 1.34. The number of piperazine rings is 1. The second kappa shape index (κ2) is 6.31. The van der Waals surface area contributed by atoms with E-state index in [-0.39, 0.29) is 5.78 Å². The van der Waals surface area contributed by atoms with Crippen LogP contribution in [0.15, 0.2) is 0 Å². The van der Waals surface area contributed by atoms with E-state index in [1.807, 2.05) is 0 Å². The van der Waals surface area contributed by atoms with Crippen LogP contribution >= 0.6 is 0 Å². The van der Waals surface area contributed by atoms with Crippen molar-refractivity contribution in [3.05, 3.63) is 0 Å². The van der Waals surface area contributed by atoms with Crippen molar-refractivity contribution in [2.45, 2.75) is 13.8 Å². The van der Waals surface area contributed by atoms with Gasteiger partial charge in [-0.1, -0.05) is 0 Å². The van der Waals surface area contributed by atoms with Crippen LogP contribution in [-0.2, 0) is 4.79 Å². The van der Waals surface area contributed by atoms with Crippen molar-refractivity contribution in [3.8, 4) is 0 Å². The van der Waals surface area contributed by atoms with Gasteiger partial charge in [0.05, 0.1) is 0 Å². The van der Waals surface area contributed by atoms with Gasteiger partial charge in [0.2, 0.25) is 0 Å². The van der Waals surface area contributed by atoms with E-state index in [2.05, 4.69) is 17.3 Å². The highest BCUT2D eigenvalue weighted by Gasteiger charge is 2.01. The second-order valence-electron chi connectivity index (χ2n) is 2.96. The third kappa shape index (κ3) is 9.59. The molecule has 0 bridgehead atoms. The lowest BCUT2D eigenvalue weighted by atomic mass is 10.4. The lowest BCUT2D eigenvalue weighted by molar-refractivity contribution is -0.114. The van der Waals surface area contributed by atoms with Crippen molar-refractivity contribution in [1.29, 1.82) is 0 Å². The summed E-state index contributed by atoms with van der Waals surface area (Å²) in [6.45, 7) is 7.80. The summed E-state index contributed by atoms with van der Waals surface area (Å²) in [5.74, 6) is 0.167. The van der Waals surface area contributed by atoms with Crippen LogP contribution < -0.4 is 5.32 Å². The highest BCUT2D eigenvalue weighted by Crippen LogP contribution is 1.82. The molecule has 0 aliphatic carbocycles. The molecule has 0 spiro atoms. The minimum absolute atomic E-state index is 0.167. The molecule has 1 saturated heterocycles. The number of likely N-dealkylation sites (N-methyl/N-ethyl adjacent to an activating group) is 1. The maximum Gasteiger partial charge on any atom is 0.126 e. The average Bonchev–Trinajstić information content (AvgIpc) is 1.87. The molecule has 1 heterocycles. The Morgan fingerprint density at radius 3 is 1.82 bits per heavy atom. The molecule has 66 valence electrons. The highest BCUT2D eigenvalue weighted by molar-refractivity contribution is 5.72. The van der Waals surface area contributed by atoms with Gasteiger partial charge in [0.25, 0.3) is 0 Å². The number of nitrogens with one attached hydrogen (secondary N) is 1. The molecule has 0 atom stereocenters. The first-order valence-corrected chi connectivity index (χ1v) is 3.99. The number of carbonyl (C=O) groups excluding carboxylic acids is 1. The molecule has 0 aromatic carbocycles. The predicted octanol–water partition coefficient (Wildman–Crippen LogP) is 0.117. The molecule has 11 heavy (non-hydrogen) atoms. The van der Waals surface area contributed by atoms with E-state index < -0.39 is 0 Å². The average molecular weight is 158 g/mol. The van der Waals surface area contributed by atoms with Gasteiger partial charge < -0.3 is 15.0 Å². The Labute approximate surface area is 68.8 Å². The van der Waals surface area contributed by atoms with Crippen LogP contribution in [0.25, 0.3) is 0 Å². The molecule has 0 radical (unpaired) electrons. The molecule has 3 heteroatoms. The molecule has 1 aliphatic rings. The molecule has 3 nitrogen and oxygen atoms in total. The lowest BCUT2D eigenvalue weighted by Crippen LogP contribution is -2.40. The van der Waals surface area contributed by atoms with Crippen molar-refractivity contribution >= 4 is 5.78 Å². The van der Waals surface area contributed by atoms with Crippen LogP contribution in [0.2, 0.25) is 0 Å². The summed E-state index contributed by atoms with van der Waals surface area (Å²) in [4.78, 5) is 11.8. The topological polar surface area (TPSA) is 32.3 Å². The van der Waals surface area contributed by atoms with Crippen LogP contribution in [0.3, 0.4) is 0 Å². The van der Waals surface area contributed by atoms with E-state index in [0.29, 0.717) is 0 Å². The monoisotopic (exact) mass is 158 g/mol. The van der Waals surface area contributed by atoms with Gasteiger partial charge in [-0.3, -0.25) is 0 Å². The first-order chi connectivity index (χ1) is 5.13. The zero-order chi connectivity index (χ0) is 8.69. The fraction of sp³-hybridized carbons (Fsp3) is 0.875. The zero-order valence-corrected chi connectivity index (χ0v) is 7.68. The first-order valence-electron chi connectivity index (χ1n) is 3.99. The summed E-state index contributed by atoms with van der Waals surface area (Å²) in [5.41, 5.74) is 0. The minimum Gasteiger partial charge on any atom is -0.314 e. The number of rotatable bonds is 0. The van der Waals surface area contributed by atoms with E-state index in [9.17, 15) is 4.79 Å². The van der Waals surface area contributed by atoms with Gasteiger partial charge in [0, 0.05) is 26.2 Å². The third-order valence-electron chi connectivity index (χ3n) is 1.34. The van der Waals surface area contributed by atoms with E-state index in [0.717, 1.165) is 13.1 Å². The van der Waals surface area contributed by atoms with Crippen LogP contribution in [-0.4, -0.2) is 43.9 Å². The Hall–Kier alpha value is -0.410. The molecule has 0 amide bonds.